The van der Waals surface area contributed by atoms with Crippen molar-refractivity contribution in [2.45, 2.75) is 102 Å². The SMILES string of the molecule is C/C=C/C=CC1(C(C)O)OCCC2(OC2C)C1O.CC=C1CCOC(C=C/C=C/C)(C(C)O)C1O. The average molecular weight is 493 g/mol. The van der Waals surface area contributed by atoms with E-state index in [9.17, 15) is 20.4 Å². The molecule has 3 rings (SSSR count). The number of aliphatic hydroxyl groups excluding tert-OH is 4. The minimum atomic E-state index is -1.08. The molecule has 0 aromatic carbocycles. The highest BCUT2D eigenvalue weighted by atomic mass is 16.6. The summed E-state index contributed by atoms with van der Waals surface area (Å²) in [6, 6.07) is 0. The van der Waals surface area contributed by atoms with E-state index in [4.69, 9.17) is 14.2 Å². The van der Waals surface area contributed by atoms with E-state index in [-0.39, 0.29) is 6.10 Å². The van der Waals surface area contributed by atoms with Crippen LogP contribution in [0.5, 0.6) is 0 Å². The fourth-order valence-corrected chi connectivity index (χ4v) is 4.87. The van der Waals surface area contributed by atoms with Crippen LogP contribution in [0, 0.1) is 0 Å². The van der Waals surface area contributed by atoms with Crippen molar-refractivity contribution >= 4 is 0 Å². The zero-order valence-electron chi connectivity index (χ0n) is 21.9. The summed E-state index contributed by atoms with van der Waals surface area (Å²) in [6.07, 6.45) is 14.6. The quantitative estimate of drug-likeness (QED) is 0.256. The van der Waals surface area contributed by atoms with Gasteiger partial charge in [0.1, 0.15) is 29.0 Å². The van der Waals surface area contributed by atoms with Crippen molar-refractivity contribution in [2.75, 3.05) is 13.2 Å². The summed E-state index contributed by atoms with van der Waals surface area (Å²) >= 11 is 0. The maximum absolute atomic E-state index is 10.6. The summed E-state index contributed by atoms with van der Waals surface area (Å²) in [4.78, 5) is 0. The molecule has 8 unspecified atom stereocenters. The van der Waals surface area contributed by atoms with Crippen LogP contribution in [0.3, 0.4) is 0 Å². The highest BCUT2D eigenvalue weighted by Gasteiger charge is 2.67. The molecular weight excluding hydrogens is 448 g/mol. The first-order valence-corrected chi connectivity index (χ1v) is 12.5. The number of aliphatic hydroxyl groups is 4. The van der Waals surface area contributed by atoms with Gasteiger partial charge in [-0.15, -0.1) is 0 Å². The normalized spacial score (nSPS) is 40.6. The number of rotatable bonds is 6. The van der Waals surface area contributed by atoms with E-state index in [1.165, 1.54) is 0 Å². The lowest BCUT2D eigenvalue weighted by atomic mass is 9.77. The monoisotopic (exact) mass is 492 g/mol. The molecule has 1 spiro atoms. The predicted molar refractivity (Wildman–Crippen MR) is 137 cm³/mol. The fraction of sp³-hybridized carbons (Fsp3) is 0.643. The van der Waals surface area contributed by atoms with Crippen molar-refractivity contribution in [1.29, 1.82) is 0 Å². The van der Waals surface area contributed by atoms with Gasteiger partial charge in [-0.1, -0.05) is 42.5 Å². The van der Waals surface area contributed by atoms with Crippen LogP contribution in [0.15, 0.2) is 60.3 Å². The molecule has 0 aromatic heterocycles. The van der Waals surface area contributed by atoms with Gasteiger partial charge in [-0.2, -0.15) is 0 Å². The van der Waals surface area contributed by atoms with E-state index >= 15 is 0 Å². The van der Waals surface area contributed by atoms with Crippen molar-refractivity contribution < 1.29 is 34.6 Å². The van der Waals surface area contributed by atoms with Gasteiger partial charge >= 0.3 is 0 Å². The molecule has 0 saturated carbocycles. The summed E-state index contributed by atoms with van der Waals surface area (Å²) in [6.45, 7) is 11.9. The van der Waals surface area contributed by atoms with Crippen LogP contribution in [0.2, 0.25) is 0 Å². The van der Waals surface area contributed by atoms with Crippen molar-refractivity contribution in [2.24, 2.45) is 0 Å². The molecule has 7 heteroatoms. The zero-order valence-corrected chi connectivity index (χ0v) is 21.9. The summed E-state index contributed by atoms with van der Waals surface area (Å²) in [7, 11) is 0. The summed E-state index contributed by atoms with van der Waals surface area (Å²) < 4.78 is 16.9. The Balaban J connectivity index is 0.000000247. The highest BCUT2D eigenvalue weighted by Crippen LogP contribution is 2.50. The summed E-state index contributed by atoms with van der Waals surface area (Å²) in [5, 5.41) is 40.8. The number of epoxide rings is 1. The van der Waals surface area contributed by atoms with Gasteiger partial charge < -0.3 is 34.6 Å². The van der Waals surface area contributed by atoms with Crippen molar-refractivity contribution in [1.82, 2.24) is 0 Å². The molecule has 0 aliphatic carbocycles. The Hall–Kier alpha value is -1.58. The third-order valence-electron chi connectivity index (χ3n) is 7.28. The van der Waals surface area contributed by atoms with E-state index in [1.54, 1.807) is 38.2 Å². The Morgan fingerprint density at radius 2 is 1.37 bits per heavy atom. The maximum atomic E-state index is 10.6. The molecule has 8 atom stereocenters. The number of hydrogen-bond donors (Lipinski definition) is 4. The molecule has 35 heavy (non-hydrogen) atoms. The largest absolute Gasteiger partial charge is 0.390 e. The number of hydrogen-bond acceptors (Lipinski definition) is 7. The molecule has 3 aliphatic heterocycles. The second kappa shape index (κ2) is 12.6. The van der Waals surface area contributed by atoms with Crippen LogP contribution >= 0.6 is 0 Å². The van der Waals surface area contributed by atoms with Gasteiger partial charge in [-0.25, -0.2) is 0 Å². The van der Waals surface area contributed by atoms with Crippen molar-refractivity contribution in [3.05, 3.63) is 60.3 Å². The van der Waals surface area contributed by atoms with Crippen LogP contribution in [-0.2, 0) is 14.2 Å². The lowest BCUT2D eigenvalue weighted by molar-refractivity contribution is -0.197. The van der Waals surface area contributed by atoms with Gasteiger partial charge in [0.2, 0.25) is 0 Å². The average Bonchev–Trinajstić information content (AvgIpc) is 3.47. The topological polar surface area (TPSA) is 112 Å². The zero-order chi connectivity index (χ0) is 26.3. The minimum Gasteiger partial charge on any atom is -0.390 e. The standard InChI is InChI=1S/C14H22O4.C14H22O3/c1-4-5-6-7-13(10(2)15)12(16)14(8-9-17-13)11(3)18-14;1-4-6-7-9-14(11(3)15)13(16)12(5-2)8-10-17-14/h4-7,10-12,15-16H,8-9H2,1-3H3;4-7,9,11,13,15-16H,8,10H2,1-3H3/b5-4+,7-6?;6-4+,9-7?,12-5?. The molecule has 0 aromatic rings. The van der Waals surface area contributed by atoms with E-state index in [1.807, 2.05) is 58.1 Å². The number of allylic oxidation sites excluding steroid dienone is 7. The second-order valence-corrected chi connectivity index (χ2v) is 9.41. The van der Waals surface area contributed by atoms with Crippen LogP contribution in [-0.4, -0.2) is 81.0 Å². The Labute approximate surface area is 210 Å². The van der Waals surface area contributed by atoms with Crippen LogP contribution in [0.4, 0.5) is 0 Å². The van der Waals surface area contributed by atoms with Crippen molar-refractivity contribution in [3.63, 3.8) is 0 Å². The second-order valence-electron chi connectivity index (χ2n) is 9.41. The predicted octanol–water partition coefficient (Wildman–Crippen LogP) is 3.14. The first-order chi connectivity index (χ1) is 16.6. The minimum absolute atomic E-state index is 0.0182. The summed E-state index contributed by atoms with van der Waals surface area (Å²) in [5.41, 5.74) is -1.74. The summed E-state index contributed by atoms with van der Waals surface area (Å²) in [5.74, 6) is 0. The van der Waals surface area contributed by atoms with E-state index in [0.29, 0.717) is 26.1 Å². The Kier molecular flexibility index (Phi) is 10.7. The molecule has 0 amide bonds. The third-order valence-corrected chi connectivity index (χ3v) is 7.28. The lowest BCUT2D eigenvalue weighted by Crippen LogP contribution is -2.61. The molecule has 3 heterocycles. The van der Waals surface area contributed by atoms with Crippen LogP contribution in [0.1, 0.15) is 54.4 Å². The molecule has 4 N–H and O–H groups in total. The molecule has 3 saturated heterocycles. The van der Waals surface area contributed by atoms with Gasteiger partial charge in [0, 0.05) is 6.42 Å². The fourth-order valence-electron chi connectivity index (χ4n) is 4.87. The third kappa shape index (κ3) is 6.05. The van der Waals surface area contributed by atoms with Gasteiger partial charge in [0.25, 0.3) is 0 Å². The van der Waals surface area contributed by atoms with Crippen LogP contribution in [0.25, 0.3) is 0 Å². The molecular formula is C28H44O7. The first-order valence-electron chi connectivity index (χ1n) is 12.5. The molecule has 0 radical (unpaired) electrons. The molecule has 7 nitrogen and oxygen atoms in total. The molecule has 3 fully saturated rings. The molecule has 198 valence electrons. The lowest BCUT2D eigenvalue weighted by Gasteiger charge is -2.44. The van der Waals surface area contributed by atoms with E-state index < -0.39 is 41.2 Å². The van der Waals surface area contributed by atoms with Crippen molar-refractivity contribution in [3.8, 4) is 0 Å². The molecule has 0 bridgehead atoms. The van der Waals surface area contributed by atoms with E-state index in [2.05, 4.69) is 0 Å². The Morgan fingerprint density at radius 1 is 0.857 bits per heavy atom. The van der Waals surface area contributed by atoms with Gasteiger partial charge in [0.15, 0.2) is 0 Å². The van der Waals surface area contributed by atoms with E-state index in [0.717, 1.165) is 5.57 Å². The van der Waals surface area contributed by atoms with Crippen LogP contribution < -0.4 is 0 Å². The smallest absolute Gasteiger partial charge is 0.142 e. The highest BCUT2D eigenvalue weighted by molar-refractivity contribution is 5.26. The first kappa shape index (κ1) is 29.6. The molecule has 3 aliphatic rings. The van der Waals surface area contributed by atoms with Gasteiger partial charge in [-0.05, 0) is 65.7 Å². The maximum Gasteiger partial charge on any atom is 0.142 e. The Bertz CT molecular complexity index is 827. The number of ether oxygens (including phenoxy) is 3. The van der Waals surface area contributed by atoms with Gasteiger partial charge in [0.05, 0.1) is 31.5 Å². The van der Waals surface area contributed by atoms with Gasteiger partial charge in [-0.3, -0.25) is 0 Å². The Morgan fingerprint density at radius 3 is 1.83 bits per heavy atom.